The van der Waals surface area contributed by atoms with Gasteiger partial charge in [0.15, 0.2) is 0 Å². The molecule has 0 aliphatic heterocycles. The minimum atomic E-state index is -0.736. The first-order valence-electron chi connectivity index (χ1n) is 11.2. The van der Waals surface area contributed by atoms with Gasteiger partial charge in [-0.05, 0) is 49.4 Å². The molecule has 2 aliphatic rings. The average Bonchev–Trinajstić information content (AvgIpc) is 3.08. The van der Waals surface area contributed by atoms with Crippen LogP contribution in [0.1, 0.15) is 50.7 Å². The van der Waals surface area contributed by atoms with Crippen LogP contribution in [0.4, 0.5) is 5.69 Å². The van der Waals surface area contributed by atoms with E-state index in [4.69, 9.17) is 15.0 Å². The van der Waals surface area contributed by atoms with Gasteiger partial charge in [0.1, 0.15) is 0 Å². The summed E-state index contributed by atoms with van der Waals surface area (Å²) in [4.78, 5) is 29.0. The number of rotatable bonds is 2. The second-order valence-corrected chi connectivity index (χ2v) is 10.1. The van der Waals surface area contributed by atoms with Gasteiger partial charge in [-0.1, -0.05) is 51.1 Å². The van der Waals surface area contributed by atoms with Gasteiger partial charge >= 0.3 is 0 Å². The second-order valence-electron chi connectivity index (χ2n) is 10.1. The second kappa shape index (κ2) is 6.12. The number of aryl methyl sites for hydroxylation is 1. The van der Waals surface area contributed by atoms with Gasteiger partial charge in [0.05, 0.1) is 39.0 Å². The van der Waals surface area contributed by atoms with Crippen molar-refractivity contribution in [3.8, 4) is 0 Å². The molecule has 2 bridgehead atoms. The Hall–Kier alpha value is -3.34. The van der Waals surface area contributed by atoms with Crippen LogP contribution in [-0.4, -0.2) is 20.9 Å². The number of fused-ring (bicyclic) bond motifs is 7. The maximum Gasteiger partial charge on any atom is 0.237 e. The maximum atomic E-state index is 14.2. The molecule has 2 unspecified atom stereocenters. The van der Waals surface area contributed by atoms with Crippen molar-refractivity contribution in [1.82, 2.24) is 15.0 Å². The quantitative estimate of drug-likeness (QED) is 0.466. The first-order chi connectivity index (χ1) is 15.3. The van der Waals surface area contributed by atoms with Crippen LogP contribution in [0.25, 0.3) is 21.9 Å². The predicted octanol–water partition coefficient (Wildman–Crippen LogP) is 5.45. The molecular weight excluding hydrogens is 396 g/mol. The number of para-hydroxylation sites is 3. The van der Waals surface area contributed by atoms with E-state index in [1.54, 1.807) is 0 Å². The van der Waals surface area contributed by atoms with Gasteiger partial charge < -0.3 is 5.32 Å². The fraction of sp³-hybridized carbons (Fsp3) is 0.333. The molecule has 32 heavy (non-hydrogen) atoms. The molecule has 2 aromatic carbocycles. The highest BCUT2D eigenvalue weighted by Gasteiger charge is 2.73. The minimum absolute atomic E-state index is 0.00892. The van der Waals surface area contributed by atoms with Crippen molar-refractivity contribution in [2.75, 3.05) is 5.32 Å². The molecule has 160 valence electrons. The lowest BCUT2D eigenvalue weighted by Crippen LogP contribution is -2.48. The van der Waals surface area contributed by atoms with E-state index in [-0.39, 0.29) is 16.7 Å². The Morgan fingerprint density at radius 3 is 2.31 bits per heavy atom. The summed E-state index contributed by atoms with van der Waals surface area (Å²) in [5.41, 5.74) is 4.78. The van der Waals surface area contributed by atoms with Crippen molar-refractivity contribution in [1.29, 1.82) is 0 Å². The third-order valence-electron chi connectivity index (χ3n) is 8.44. The Kier molecular flexibility index (Phi) is 3.70. The first-order valence-corrected chi connectivity index (χ1v) is 11.2. The smallest absolute Gasteiger partial charge is 0.237 e. The van der Waals surface area contributed by atoms with E-state index in [0.717, 1.165) is 57.5 Å². The normalized spacial score (nSPS) is 25.2. The van der Waals surface area contributed by atoms with Gasteiger partial charge in [0.25, 0.3) is 0 Å². The molecule has 2 heterocycles. The summed E-state index contributed by atoms with van der Waals surface area (Å²) in [5.74, 6) is -0.00892. The monoisotopic (exact) mass is 422 g/mol. The lowest BCUT2D eigenvalue weighted by atomic mass is 9.63. The summed E-state index contributed by atoms with van der Waals surface area (Å²) in [6, 6.07) is 17.9. The van der Waals surface area contributed by atoms with Crippen molar-refractivity contribution >= 4 is 33.5 Å². The molecule has 0 radical (unpaired) electrons. The minimum Gasteiger partial charge on any atom is -0.323 e. The summed E-state index contributed by atoms with van der Waals surface area (Å²) in [5, 5.41) is 4.28. The largest absolute Gasteiger partial charge is 0.323 e. The van der Waals surface area contributed by atoms with Crippen LogP contribution in [0, 0.1) is 12.3 Å². The molecule has 1 amide bonds. The molecule has 0 spiro atoms. The van der Waals surface area contributed by atoms with Gasteiger partial charge in [-0.3, -0.25) is 9.78 Å². The van der Waals surface area contributed by atoms with Crippen molar-refractivity contribution < 1.29 is 4.79 Å². The van der Waals surface area contributed by atoms with E-state index in [2.05, 4.69) is 26.1 Å². The zero-order chi connectivity index (χ0) is 22.3. The van der Waals surface area contributed by atoms with Crippen LogP contribution in [0.15, 0.2) is 54.6 Å². The van der Waals surface area contributed by atoms with E-state index in [1.165, 1.54) is 0 Å². The molecule has 0 saturated heterocycles. The molecule has 6 rings (SSSR count). The SMILES string of the molecule is Cc1ccc2cccc(NC(=O)C34CCC(C)(c5nc6ccccc6nc53)C4(C)C)c2n1. The van der Waals surface area contributed by atoms with Gasteiger partial charge in [-0.2, -0.15) is 0 Å². The molecule has 1 saturated carbocycles. The number of benzene rings is 2. The number of aromatic nitrogens is 3. The summed E-state index contributed by atoms with van der Waals surface area (Å²) < 4.78 is 0. The predicted molar refractivity (Wildman–Crippen MR) is 127 cm³/mol. The van der Waals surface area contributed by atoms with E-state index < -0.39 is 5.41 Å². The van der Waals surface area contributed by atoms with Gasteiger partial charge in [-0.15, -0.1) is 0 Å². The van der Waals surface area contributed by atoms with E-state index in [9.17, 15) is 4.79 Å². The van der Waals surface area contributed by atoms with Crippen LogP contribution in [0.2, 0.25) is 0 Å². The van der Waals surface area contributed by atoms with Crippen molar-refractivity contribution in [2.24, 2.45) is 5.41 Å². The Morgan fingerprint density at radius 2 is 1.56 bits per heavy atom. The highest BCUT2D eigenvalue weighted by molar-refractivity contribution is 6.06. The number of hydrogen-bond donors (Lipinski definition) is 1. The van der Waals surface area contributed by atoms with E-state index in [0.29, 0.717) is 0 Å². The lowest BCUT2D eigenvalue weighted by molar-refractivity contribution is -0.125. The summed E-state index contributed by atoms with van der Waals surface area (Å²) >= 11 is 0. The molecular formula is C27H26N4O. The fourth-order valence-electron chi connectivity index (χ4n) is 6.12. The maximum absolute atomic E-state index is 14.2. The standard InChI is InChI=1S/C27H26N4O/c1-16-12-13-17-8-7-11-20(21(17)28-16)31-24(32)27-15-14-26(4,25(27,2)3)22-23(27)30-19-10-6-5-9-18(19)29-22/h5-13H,14-15H2,1-4H3,(H,31,32). The molecule has 1 N–H and O–H groups in total. The highest BCUT2D eigenvalue weighted by atomic mass is 16.2. The Morgan fingerprint density at radius 1 is 0.844 bits per heavy atom. The van der Waals surface area contributed by atoms with Crippen LogP contribution in [-0.2, 0) is 15.6 Å². The van der Waals surface area contributed by atoms with Crippen molar-refractivity contribution in [3.05, 3.63) is 71.7 Å². The number of nitrogens with one attached hydrogen (secondary N) is 1. The van der Waals surface area contributed by atoms with Gasteiger partial charge in [0, 0.05) is 16.5 Å². The Balaban J connectivity index is 1.54. The molecule has 5 heteroatoms. The zero-order valence-corrected chi connectivity index (χ0v) is 18.9. The van der Waals surface area contributed by atoms with Crippen LogP contribution < -0.4 is 5.32 Å². The topological polar surface area (TPSA) is 67.8 Å². The number of anilines is 1. The van der Waals surface area contributed by atoms with Crippen molar-refractivity contribution in [3.63, 3.8) is 0 Å². The number of carbonyl (C=O) groups is 1. The summed E-state index contributed by atoms with van der Waals surface area (Å²) in [6.45, 7) is 8.63. The van der Waals surface area contributed by atoms with Crippen LogP contribution in [0.3, 0.4) is 0 Å². The Labute approximate surface area is 187 Å². The lowest BCUT2D eigenvalue weighted by Gasteiger charge is -2.39. The number of hydrogen-bond acceptors (Lipinski definition) is 4. The number of nitrogens with zero attached hydrogens (tertiary/aromatic N) is 3. The van der Waals surface area contributed by atoms with Crippen molar-refractivity contribution in [2.45, 2.75) is 51.4 Å². The number of pyridine rings is 1. The van der Waals surface area contributed by atoms with Crippen LogP contribution >= 0.6 is 0 Å². The average molecular weight is 423 g/mol. The number of carbonyl (C=O) groups excluding carboxylic acids is 1. The summed E-state index contributed by atoms with van der Waals surface area (Å²) in [6.07, 6.45) is 1.68. The molecule has 2 atom stereocenters. The third kappa shape index (κ3) is 2.18. The number of amides is 1. The Bertz CT molecular complexity index is 1440. The first kappa shape index (κ1) is 19.4. The molecule has 2 aromatic heterocycles. The molecule has 5 nitrogen and oxygen atoms in total. The van der Waals surface area contributed by atoms with E-state index in [1.807, 2.05) is 61.5 Å². The van der Waals surface area contributed by atoms with E-state index >= 15 is 0 Å². The van der Waals surface area contributed by atoms with Crippen LogP contribution in [0.5, 0.6) is 0 Å². The fourth-order valence-corrected chi connectivity index (χ4v) is 6.12. The summed E-state index contributed by atoms with van der Waals surface area (Å²) in [7, 11) is 0. The molecule has 2 aliphatic carbocycles. The zero-order valence-electron chi connectivity index (χ0n) is 18.9. The molecule has 1 fully saturated rings. The van der Waals surface area contributed by atoms with Gasteiger partial charge in [0.2, 0.25) is 5.91 Å². The van der Waals surface area contributed by atoms with Gasteiger partial charge in [-0.25, -0.2) is 9.97 Å². The highest BCUT2D eigenvalue weighted by Crippen LogP contribution is 2.70. The molecule has 4 aromatic rings. The third-order valence-corrected chi connectivity index (χ3v) is 8.44.